The summed E-state index contributed by atoms with van der Waals surface area (Å²) in [5.41, 5.74) is 0.838. The molecule has 21 heavy (non-hydrogen) atoms. The fourth-order valence-electron chi connectivity index (χ4n) is 2.37. The number of β-amino-alcohol motifs (C(OH)–C–C–N with tert-alkyl or cyclic N) is 1. The average molecular weight is 293 g/mol. The number of piperidine rings is 1. The minimum absolute atomic E-state index is 0.137. The first-order valence-corrected chi connectivity index (χ1v) is 6.73. The second-order valence-corrected chi connectivity index (χ2v) is 5.03. The zero-order valence-electron chi connectivity index (χ0n) is 11.4. The molecule has 1 heterocycles. The monoisotopic (exact) mass is 293 g/mol. The summed E-state index contributed by atoms with van der Waals surface area (Å²) >= 11 is 0. The highest BCUT2D eigenvalue weighted by molar-refractivity contribution is 5.92. The summed E-state index contributed by atoms with van der Waals surface area (Å²) in [6, 6.07) is 8.26. The zero-order chi connectivity index (χ0) is 15.4. The van der Waals surface area contributed by atoms with Gasteiger partial charge in [-0.25, -0.2) is 0 Å². The maximum Gasteiger partial charge on any atom is 0.247 e. The van der Waals surface area contributed by atoms with Crippen LogP contribution < -0.4 is 0 Å². The van der Waals surface area contributed by atoms with Crippen molar-refractivity contribution in [3.05, 3.63) is 42.0 Å². The molecule has 4 atom stereocenters. The van der Waals surface area contributed by atoms with Crippen LogP contribution in [0.15, 0.2) is 36.4 Å². The van der Waals surface area contributed by atoms with E-state index in [2.05, 4.69) is 0 Å². The molecule has 0 saturated carbocycles. The molecule has 6 nitrogen and oxygen atoms in total. The van der Waals surface area contributed by atoms with Crippen molar-refractivity contribution in [2.45, 2.75) is 24.4 Å². The second-order valence-electron chi connectivity index (χ2n) is 5.03. The number of benzene rings is 1. The highest BCUT2D eigenvalue weighted by atomic mass is 16.4. The van der Waals surface area contributed by atoms with Gasteiger partial charge in [0.2, 0.25) is 5.91 Å². The Bertz CT molecular complexity index is 504. The normalized spacial score (nSPS) is 29.8. The van der Waals surface area contributed by atoms with E-state index in [1.807, 2.05) is 30.3 Å². The second kappa shape index (κ2) is 6.82. The Balaban J connectivity index is 2.11. The first kappa shape index (κ1) is 15.7. The van der Waals surface area contributed by atoms with E-state index in [0.717, 1.165) is 5.56 Å². The van der Waals surface area contributed by atoms with Gasteiger partial charge in [0.05, 0.1) is 19.2 Å². The molecule has 1 amide bonds. The molecular formula is C15H19NO5. The number of likely N-dealkylation sites (tertiary alicyclic amines) is 1. The van der Waals surface area contributed by atoms with Crippen molar-refractivity contribution >= 4 is 12.0 Å². The molecule has 1 aromatic carbocycles. The molecule has 1 aliphatic heterocycles. The largest absolute Gasteiger partial charge is 0.394 e. The molecule has 0 aromatic heterocycles. The summed E-state index contributed by atoms with van der Waals surface area (Å²) in [5, 5.41) is 38.4. The predicted octanol–water partition coefficient (Wildman–Crippen LogP) is -1.01. The number of aliphatic hydroxyl groups excluding tert-OH is 4. The van der Waals surface area contributed by atoms with Gasteiger partial charge >= 0.3 is 0 Å². The van der Waals surface area contributed by atoms with E-state index in [9.17, 15) is 25.2 Å². The van der Waals surface area contributed by atoms with Gasteiger partial charge in [0.1, 0.15) is 18.3 Å². The Morgan fingerprint density at radius 1 is 1.19 bits per heavy atom. The van der Waals surface area contributed by atoms with E-state index in [1.54, 1.807) is 6.08 Å². The maximum atomic E-state index is 12.2. The van der Waals surface area contributed by atoms with Gasteiger partial charge in [0.15, 0.2) is 0 Å². The van der Waals surface area contributed by atoms with Gasteiger partial charge in [-0.2, -0.15) is 0 Å². The SMILES string of the molecule is O=C(C=Cc1ccccc1)N1C[C@H](O)[C@@H](O)[C@H](O)[C@H]1CO. The number of carbonyl (C=O) groups is 1. The number of hydrogen-bond donors (Lipinski definition) is 4. The highest BCUT2D eigenvalue weighted by Gasteiger charge is 2.42. The molecule has 0 bridgehead atoms. The van der Waals surface area contributed by atoms with E-state index in [4.69, 9.17) is 0 Å². The fraction of sp³-hybridized carbons (Fsp3) is 0.400. The topological polar surface area (TPSA) is 101 Å². The van der Waals surface area contributed by atoms with Crippen molar-refractivity contribution in [1.29, 1.82) is 0 Å². The van der Waals surface area contributed by atoms with Crippen molar-refractivity contribution < 1.29 is 25.2 Å². The molecular weight excluding hydrogens is 274 g/mol. The number of carbonyl (C=O) groups excluding carboxylic acids is 1. The number of nitrogens with zero attached hydrogens (tertiary/aromatic N) is 1. The molecule has 0 aliphatic carbocycles. The summed E-state index contributed by atoms with van der Waals surface area (Å²) in [7, 11) is 0. The Kier molecular flexibility index (Phi) is 5.08. The van der Waals surface area contributed by atoms with Crippen molar-refractivity contribution in [3.63, 3.8) is 0 Å². The smallest absolute Gasteiger partial charge is 0.247 e. The Labute approximate surface area is 122 Å². The van der Waals surface area contributed by atoms with Crippen molar-refractivity contribution in [2.75, 3.05) is 13.2 Å². The van der Waals surface area contributed by atoms with Gasteiger partial charge in [-0.05, 0) is 11.6 Å². The number of hydrogen-bond acceptors (Lipinski definition) is 5. The number of rotatable bonds is 3. The van der Waals surface area contributed by atoms with Gasteiger partial charge in [-0.15, -0.1) is 0 Å². The summed E-state index contributed by atoms with van der Waals surface area (Å²) in [4.78, 5) is 13.3. The summed E-state index contributed by atoms with van der Waals surface area (Å²) < 4.78 is 0. The summed E-state index contributed by atoms with van der Waals surface area (Å²) in [6.07, 6.45) is -1.07. The van der Waals surface area contributed by atoms with Crippen LogP contribution in [0, 0.1) is 0 Å². The Morgan fingerprint density at radius 2 is 1.86 bits per heavy atom. The molecule has 2 rings (SSSR count). The number of aliphatic hydroxyl groups is 4. The Hall–Kier alpha value is -1.73. The first-order chi connectivity index (χ1) is 10.0. The molecule has 6 heteroatoms. The molecule has 0 spiro atoms. The van der Waals surface area contributed by atoms with Gasteiger partial charge in [-0.1, -0.05) is 30.3 Å². The zero-order valence-corrected chi connectivity index (χ0v) is 11.4. The van der Waals surface area contributed by atoms with Crippen LogP contribution in [0.4, 0.5) is 0 Å². The van der Waals surface area contributed by atoms with Crippen LogP contribution in [0.3, 0.4) is 0 Å². The van der Waals surface area contributed by atoms with Crippen molar-refractivity contribution in [3.8, 4) is 0 Å². The van der Waals surface area contributed by atoms with Gasteiger partial charge in [-0.3, -0.25) is 4.79 Å². The van der Waals surface area contributed by atoms with E-state index in [-0.39, 0.29) is 6.54 Å². The van der Waals surface area contributed by atoms with Gasteiger partial charge < -0.3 is 25.3 Å². The van der Waals surface area contributed by atoms with Gasteiger partial charge in [0.25, 0.3) is 0 Å². The van der Waals surface area contributed by atoms with Crippen molar-refractivity contribution in [1.82, 2.24) is 4.90 Å². The first-order valence-electron chi connectivity index (χ1n) is 6.73. The lowest BCUT2D eigenvalue weighted by atomic mass is 9.94. The van der Waals surface area contributed by atoms with Crippen LogP contribution in [-0.4, -0.2) is 68.7 Å². The third-order valence-corrected chi connectivity index (χ3v) is 3.61. The van der Waals surface area contributed by atoms with Crippen LogP contribution in [0.25, 0.3) is 6.08 Å². The molecule has 1 saturated heterocycles. The lowest BCUT2D eigenvalue weighted by Crippen LogP contribution is -2.63. The third-order valence-electron chi connectivity index (χ3n) is 3.61. The molecule has 114 valence electrons. The molecule has 1 fully saturated rings. The maximum absolute atomic E-state index is 12.2. The lowest BCUT2D eigenvalue weighted by Gasteiger charge is -2.42. The minimum atomic E-state index is -1.38. The van der Waals surface area contributed by atoms with Crippen LogP contribution in [0.1, 0.15) is 5.56 Å². The van der Waals surface area contributed by atoms with E-state index in [0.29, 0.717) is 0 Å². The summed E-state index contributed by atoms with van der Waals surface area (Å²) in [5.74, 6) is -0.442. The van der Waals surface area contributed by atoms with Crippen LogP contribution in [-0.2, 0) is 4.79 Å². The van der Waals surface area contributed by atoms with E-state index < -0.39 is 36.9 Å². The number of amides is 1. The molecule has 1 aliphatic rings. The van der Waals surface area contributed by atoms with Crippen LogP contribution in [0.2, 0.25) is 0 Å². The van der Waals surface area contributed by atoms with Crippen LogP contribution in [0.5, 0.6) is 0 Å². The van der Waals surface area contributed by atoms with Gasteiger partial charge in [0, 0.05) is 6.08 Å². The lowest BCUT2D eigenvalue weighted by molar-refractivity contribution is -0.162. The molecule has 0 radical (unpaired) electrons. The van der Waals surface area contributed by atoms with E-state index in [1.165, 1.54) is 11.0 Å². The molecule has 1 aromatic rings. The van der Waals surface area contributed by atoms with Crippen molar-refractivity contribution in [2.24, 2.45) is 0 Å². The molecule has 0 unspecified atom stereocenters. The highest BCUT2D eigenvalue weighted by Crippen LogP contribution is 2.19. The Morgan fingerprint density at radius 3 is 2.48 bits per heavy atom. The van der Waals surface area contributed by atoms with E-state index >= 15 is 0 Å². The van der Waals surface area contributed by atoms with Crippen LogP contribution >= 0.6 is 0 Å². The fourth-order valence-corrected chi connectivity index (χ4v) is 2.37. The molecule has 4 N–H and O–H groups in total. The standard InChI is InChI=1S/C15H19NO5/c17-9-11-14(20)15(21)12(18)8-16(11)13(19)7-6-10-4-2-1-3-5-10/h1-7,11-12,14-15,17-18,20-21H,8-9H2/t11-,12+,14-,15-/m1/s1. The predicted molar refractivity (Wildman–Crippen MR) is 76.1 cm³/mol. The minimum Gasteiger partial charge on any atom is -0.394 e. The average Bonchev–Trinajstić information content (AvgIpc) is 2.51. The third kappa shape index (κ3) is 3.48. The quantitative estimate of drug-likeness (QED) is 0.535. The summed E-state index contributed by atoms with van der Waals surface area (Å²) in [6.45, 7) is -0.628.